The van der Waals surface area contributed by atoms with Crippen LogP contribution < -0.4 is 10.1 Å². The minimum atomic E-state index is -0.511. The average Bonchev–Trinajstić information content (AvgIpc) is 3.52. The number of carbonyl (C=O) groups excluding carboxylic acids is 1. The lowest BCUT2D eigenvalue weighted by Gasteiger charge is -2.17. The van der Waals surface area contributed by atoms with Crippen LogP contribution in [-0.4, -0.2) is 21.0 Å². The molecule has 1 amide bonds. The van der Waals surface area contributed by atoms with Gasteiger partial charge in [0.2, 0.25) is 11.7 Å². The lowest BCUT2D eigenvalue weighted by atomic mass is 10.0. The first-order valence-electron chi connectivity index (χ1n) is 10.3. The largest absolute Gasteiger partial charge is 0.484 e. The number of furan rings is 1. The molecule has 166 valence electrons. The summed E-state index contributed by atoms with van der Waals surface area (Å²) in [6.07, 6.45) is 3.30. The number of hydrogen-bond acceptors (Lipinski definition) is 8. The summed E-state index contributed by atoms with van der Waals surface area (Å²) in [5.74, 6) is 1.27. The van der Waals surface area contributed by atoms with Gasteiger partial charge in [0.25, 0.3) is 5.91 Å². The van der Waals surface area contributed by atoms with Gasteiger partial charge in [0.05, 0.1) is 5.56 Å². The first-order valence-corrected chi connectivity index (χ1v) is 10.3. The summed E-state index contributed by atoms with van der Waals surface area (Å²) in [5.41, 5.74) is 1.14. The summed E-state index contributed by atoms with van der Waals surface area (Å²) in [6, 6.07) is 15.3. The predicted octanol–water partition coefficient (Wildman–Crippen LogP) is 4.30. The SMILES string of the molecule is CC(C)C(NC(=O)c1ccc(COc2ccccc2C#N)o1)c1nc(-c2cccnc2)no1. The molecule has 3 aromatic heterocycles. The Bertz CT molecular complexity index is 1270. The standard InChI is InChI=1S/C24H21N5O4/c1-15(2)21(24-28-22(29-33-24)17-7-5-11-26-13-17)27-23(30)20-10-9-18(32-20)14-31-19-8-4-3-6-16(19)12-25/h3-11,13,15,21H,14H2,1-2H3,(H,27,30). The van der Waals surface area contributed by atoms with Crippen molar-refractivity contribution in [1.29, 1.82) is 5.26 Å². The van der Waals surface area contributed by atoms with E-state index in [2.05, 4.69) is 26.5 Å². The molecule has 0 fully saturated rings. The number of para-hydroxylation sites is 1. The fourth-order valence-electron chi connectivity index (χ4n) is 3.11. The molecule has 4 rings (SSSR count). The zero-order valence-corrected chi connectivity index (χ0v) is 18.1. The van der Waals surface area contributed by atoms with Crippen molar-refractivity contribution in [3.05, 3.63) is 83.9 Å². The van der Waals surface area contributed by atoms with Crippen molar-refractivity contribution < 1.29 is 18.5 Å². The van der Waals surface area contributed by atoms with Gasteiger partial charge in [-0.1, -0.05) is 31.1 Å². The first kappa shape index (κ1) is 21.8. The molecule has 0 saturated heterocycles. The van der Waals surface area contributed by atoms with Crippen molar-refractivity contribution in [3.63, 3.8) is 0 Å². The summed E-state index contributed by atoms with van der Waals surface area (Å²) in [6.45, 7) is 3.96. The molecule has 0 aliphatic rings. The van der Waals surface area contributed by atoms with Gasteiger partial charge in [-0.2, -0.15) is 10.2 Å². The summed E-state index contributed by atoms with van der Waals surface area (Å²) < 4.78 is 16.7. The van der Waals surface area contributed by atoms with Gasteiger partial charge < -0.3 is 19.0 Å². The average molecular weight is 443 g/mol. The molecule has 0 bridgehead atoms. The fourth-order valence-corrected chi connectivity index (χ4v) is 3.11. The summed E-state index contributed by atoms with van der Waals surface area (Å²) in [4.78, 5) is 21.3. The molecule has 0 saturated carbocycles. The number of benzene rings is 1. The van der Waals surface area contributed by atoms with Crippen LogP contribution in [-0.2, 0) is 6.61 Å². The molecule has 3 heterocycles. The number of rotatable bonds is 8. The zero-order valence-electron chi connectivity index (χ0n) is 18.1. The number of nitrogens with one attached hydrogen (secondary N) is 1. The number of amides is 1. The van der Waals surface area contributed by atoms with Crippen LogP contribution in [0, 0.1) is 17.2 Å². The summed E-state index contributed by atoms with van der Waals surface area (Å²) in [7, 11) is 0. The Labute approximate surface area is 190 Å². The van der Waals surface area contributed by atoms with E-state index in [0.717, 1.165) is 5.56 Å². The van der Waals surface area contributed by atoms with E-state index >= 15 is 0 Å². The third kappa shape index (κ3) is 5.07. The van der Waals surface area contributed by atoms with E-state index < -0.39 is 11.9 Å². The molecule has 33 heavy (non-hydrogen) atoms. The van der Waals surface area contributed by atoms with Gasteiger partial charge in [0.1, 0.15) is 30.2 Å². The molecule has 4 aromatic rings. The first-order chi connectivity index (χ1) is 16.0. The molecule has 1 atom stereocenters. The van der Waals surface area contributed by atoms with Gasteiger partial charge >= 0.3 is 0 Å². The second-order valence-electron chi connectivity index (χ2n) is 7.56. The number of ether oxygens (including phenoxy) is 1. The number of hydrogen-bond donors (Lipinski definition) is 1. The van der Waals surface area contributed by atoms with Crippen LogP contribution in [0.4, 0.5) is 0 Å². The van der Waals surface area contributed by atoms with Gasteiger partial charge in [-0.3, -0.25) is 9.78 Å². The van der Waals surface area contributed by atoms with Crippen molar-refractivity contribution in [3.8, 4) is 23.2 Å². The van der Waals surface area contributed by atoms with Crippen LogP contribution in [0.25, 0.3) is 11.4 Å². The molecule has 9 heteroatoms. The normalized spacial score (nSPS) is 11.7. The third-order valence-corrected chi connectivity index (χ3v) is 4.84. The maximum Gasteiger partial charge on any atom is 0.287 e. The Morgan fingerprint density at radius 3 is 2.79 bits per heavy atom. The van der Waals surface area contributed by atoms with Gasteiger partial charge in [0.15, 0.2) is 5.76 Å². The summed E-state index contributed by atoms with van der Waals surface area (Å²) >= 11 is 0. The highest BCUT2D eigenvalue weighted by Crippen LogP contribution is 2.24. The van der Waals surface area contributed by atoms with Gasteiger partial charge in [0, 0.05) is 18.0 Å². The van der Waals surface area contributed by atoms with Crippen LogP contribution in [0.1, 0.15) is 47.7 Å². The fraction of sp³-hybridized carbons (Fsp3) is 0.208. The number of nitrogens with zero attached hydrogens (tertiary/aromatic N) is 4. The van der Waals surface area contributed by atoms with Gasteiger partial charge in [-0.05, 0) is 42.3 Å². The second-order valence-corrected chi connectivity index (χ2v) is 7.56. The van der Waals surface area contributed by atoms with Crippen molar-refractivity contribution in [2.24, 2.45) is 5.92 Å². The van der Waals surface area contributed by atoms with Crippen molar-refractivity contribution in [2.75, 3.05) is 0 Å². The van der Waals surface area contributed by atoms with E-state index in [9.17, 15) is 4.79 Å². The molecule has 0 spiro atoms. The van der Waals surface area contributed by atoms with E-state index in [0.29, 0.717) is 28.8 Å². The molecule has 1 aromatic carbocycles. The Morgan fingerprint density at radius 1 is 1.18 bits per heavy atom. The molecular formula is C24H21N5O4. The predicted molar refractivity (Wildman–Crippen MR) is 117 cm³/mol. The Hall–Kier alpha value is -4.45. The smallest absolute Gasteiger partial charge is 0.287 e. The third-order valence-electron chi connectivity index (χ3n) is 4.84. The molecule has 0 aliphatic carbocycles. The zero-order chi connectivity index (χ0) is 23.2. The van der Waals surface area contributed by atoms with Gasteiger partial charge in [-0.25, -0.2) is 0 Å². The second kappa shape index (κ2) is 9.78. The highest BCUT2D eigenvalue weighted by atomic mass is 16.5. The number of carbonyl (C=O) groups is 1. The van der Waals surface area contributed by atoms with Crippen LogP contribution in [0.15, 0.2) is 69.9 Å². The lowest BCUT2D eigenvalue weighted by molar-refractivity contribution is 0.0881. The quantitative estimate of drug-likeness (QED) is 0.427. The maximum atomic E-state index is 12.8. The molecule has 1 unspecified atom stereocenters. The minimum Gasteiger partial charge on any atom is -0.484 e. The van der Waals surface area contributed by atoms with Gasteiger partial charge in [-0.15, -0.1) is 0 Å². The molecule has 9 nitrogen and oxygen atoms in total. The van der Waals surface area contributed by atoms with Crippen LogP contribution in [0.2, 0.25) is 0 Å². The number of pyridine rings is 1. The monoisotopic (exact) mass is 443 g/mol. The minimum absolute atomic E-state index is 0.0172. The molecule has 1 N–H and O–H groups in total. The van der Waals surface area contributed by atoms with E-state index in [4.69, 9.17) is 18.9 Å². The van der Waals surface area contributed by atoms with E-state index in [-0.39, 0.29) is 18.3 Å². The Morgan fingerprint density at radius 2 is 2.03 bits per heavy atom. The molecule has 0 radical (unpaired) electrons. The van der Waals surface area contributed by atoms with Crippen molar-refractivity contribution in [1.82, 2.24) is 20.4 Å². The van der Waals surface area contributed by atoms with Crippen LogP contribution in [0.3, 0.4) is 0 Å². The van der Waals surface area contributed by atoms with Crippen LogP contribution >= 0.6 is 0 Å². The number of nitriles is 1. The van der Waals surface area contributed by atoms with E-state index in [1.54, 1.807) is 54.9 Å². The highest BCUT2D eigenvalue weighted by molar-refractivity contribution is 5.91. The van der Waals surface area contributed by atoms with Crippen molar-refractivity contribution in [2.45, 2.75) is 26.5 Å². The Kier molecular flexibility index (Phi) is 6.45. The molecular weight excluding hydrogens is 422 g/mol. The topological polar surface area (TPSA) is 127 Å². The maximum absolute atomic E-state index is 12.8. The molecule has 0 aliphatic heterocycles. The van der Waals surface area contributed by atoms with Crippen LogP contribution in [0.5, 0.6) is 5.75 Å². The Balaban J connectivity index is 1.43. The summed E-state index contributed by atoms with van der Waals surface area (Å²) in [5, 5.41) is 16.0. The van der Waals surface area contributed by atoms with Crippen molar-refractivity contribution >= 4 is 5.91 Å². The van der Waals surface area contributed by atoms with E-state index in [1.807, 2.05) is 19.9 Å². The lowest BCUT2D eigenvalue weighted by Crippen LogP contribution is -2.31. The van der Waals surface area contributed by atoms with E-state index in [1.165, 1.54) is 0 Å². The highest BCUT2D eigenvalue weighted by Gasteiger charge is 2.26. The number of aromatic nitrogens is 3.